The number of hydrogen-bond acceptors (Lipinski definition) is 2. The Morgan fingerprint density at radius 2 is 1.33 bits per heavy atom. The van der Waals surface area contributed by atoms with Crippen molar-refractivity contribution >= 4 is 0 Å². The molecule has 0 unspecified atom stereocenters. The lowest BCUT2D eigenvalue weighted by molar-refractivity contribution is 0.0570. The summed E-state index contributed by atoms with van der Waals surface area (Å²) in [5.74, 6) is 1.88. The zero-order chi connectivity index (χ0) is 8.81. The zero-order valence-corrected chi connectivity index (χ0v) is 7.80. The van der Waals surface area contributed by atoms with Crippen LogP contribution in [0.2, 0.25) is 0 Å². The van der Waals surface area contributed by atoms with Gasteiger partial charge in [0, 0.05) is 0 Å². The number of rotatable bonds is 0. The summed E-state index contributed by atoms with van der Waals surface area (Å²) >= 11 is 0. The van der Waals surface area contributed by atoms with E-state index in [4.69, 9.17) is 9.47 Å². The maximum Gasteiger partial charge on any atom is 0.157 e. The minimum Gasteiger partial charge on any atom is -0.486 e. The second-order valence-electron chi connectivity index (χ2n) is 2.41. The third kappa shape index (κ3) is 2.03. The molecule has 2 rings (SSSR count). The molecule has 0 aromatic heterocycles. The van der Waals surface area contributed by atoms with Gasteiger partial charge in [0.25, 0.3) is 0 Å². The van der Waals surface area contributed by atoms with Gasteiger partial charge < -0.3 is 9.47 Å². The van der Waals surface area contributed by atoms with Gasteiger partial charge in [-0.1, -0.05) is 13.8 Å². The lowest BCUT2D eigenvalue weighted by Gasteiger charge is -2.22. The molecule has 1 aliphatic carbocycles. The highest BCUT2D eigenvalue weighted by Gasteiger charge is 2.15. The summed E-state index contributed by atoms with van der Waals surface area (Å²) in [6.45, 7) is 5.40. The van der Waals surface area contributed by atoms with Crippen LogP contribution in [0.5, 0.6) is 0 Å². The van der Waals surface area contributed by atoms with Gasteiger partial charge >= 0.3 is 0 Å². The van der Waals surface area contributed by atoms with Crippen molar-refractivity contribution in [3.8, 4) is 0 Å². The molecular formula is C10H16O2. The maximum absolute atomic E-state index is 5.35. The highest BCUT2D eigenvalue weighted by molar-refractivity contribution is 5.24. The fourth-order valence-corrected chi connectivity index (χ4v) is 1.19. The van der Waals surface area contributed by atoms with E-state index in [0.29, 0.717) is 13.2 Å². The van der Waals surface area contributed by atoms with Crippen LogP contribution >= 0.6 is 0 Å². The van der Waals surface area contributed by atoms with Gasteiger partial charge in [0.1, 0.15) is 13.2 Å². The summed E-state index contributed by atoms with van der Waals surface area (Å²) in [6, 6.07) is 0. The smallest absolute Gasteiger partial charge is 0.157 e. The fraction of sp³-hybridized carbons (Fsp3) is 0.600. The van der Waals surface area contributed by atoms with E-state index < -0.39 is 0 Å². The van der Waals surface area contributed by atoms with Crippen molar-refractivity contribution in [3.63, 3.8) is 0 Å². The Morgan fingerprint density at radius 1 is 0.917 bits per heavy atom. The summed E-state index contributed by atoms with van der Waals surface area (Å²) in [5.41, 5.74) is 0. The van der Waals surface area contributed by atoms with E-state index in [2.05, 4.69) is 12.2 Å². The molecule has 1 aliphatic heterocycles. The molecule has 0 radical (unpaired) electrons. The first-order valence-electron chi connectivity index (χ1n) is 4.63. The van der Waals surface area contributed by atoms with Crippen LogP contribution in [0.15, 0.2) is 23.7 Å². The molecule has 0 saturated carbocycles. The van der Waals surface area contributed by atoms with Gasteiger partial charge in [-0.25, -0.2) is 0 Å². The quantitative estimate of drug-likeness (QED) is 0.553. The van der Waals surface area contributed by atoms with E-state index in [1.807, 2.05) is 13.8 Å². The van der Waals surface area contributed by atoms with Gasteiger partial charge in [0.05, 0.1) is 0 Å². The summed E-state index contributed by atoms with van der Waals surface area (Å²) < 4.78 is 10.7. The minimum absolute atomic E-state index is 0.698. The Morgan fingerprint density at radius 3 is 1.75 bits per heavy atom. The predicted octanol–water partition coefficient (Wildman–Crippen LogP) is 2.62. The Labute approximate surface area is 73.9 Å². The first-order valence-corrected chi connectivity index (χ1v) is 4.63. The van der Waals surface area contributed by atoms with Gasteiger partial charge in [-0.05, 0) is 25.0 Å². The molecule has 0 aromatic rings. The van der Waals surface area contributed by atoms with Crippen molar-refractivity contribution in [1.29, 1.82) is 0 Å². The lowest BCUT2D eigenvalue weighted by Crippen LogP contribution is -2.15. The molecule has 0 aromatic carbocycles. The average molecular weight is 168 g/mol. The number of hydrogen-bond donors (Lipinski definition) is 0. The standard InChI is InChI=1S/C8H10O2.C2H6/c1-2-4-8-7(3-1)9-5-6-10-8;1-2/h3-4H,1-2,5-6H2;1-2H3. The van der Waals surface area contributed by atoms with Gasteiger partial charge in [0.15, 0.2) is 11.5 Å². The summed E-state index contributed by atoms with van der Waals surface area (Å²) in [4.78, 5) is 0. The Hall–Kier alpha value is -0.920. The molecule has 1 fully saturated rings. The molecule has 0 bridgehead atoms. The highest BCUT2D eigenvalue weighted by Crippen LogP contribution is 2.23. The summed E-state index contributed by atoms with van der Waals surface area (Å²) in [6.07, 6.45) is 6.35. The van der Waals surface area contributed by atoms with Crippen LogP contribution in [0, 0.1) is 0 Å². The van der Waals surface area contributed by atoms with E-state index >= 15 is 0 Å². The second-order valence-corrected chi connectivity index (χ2v) is 2.41. The third-order valence-electron chi connectivity index (χ3n) is 1.67. The predicted molar refractivity (Wildman–Crippen MR) is 48.7 cm³/mol. The molecule has 2 heteroatoms. The van der Waals surface area contributed by atoms with Gasteiger partial charge in [-0.3, -0.25) is 0 Å². The molecular weight excluding hydrogens is 152 g/mol. The minimum atomic E-state index is 0.698. The van der Waals surface area contributed by atoms with E-state index in [1.54, 1.807) is 0 Å². The van der Waals surface area contributed by atoms with E-state index in [0.717, 1.165) is 24.4 Å². The van der Waals surface area contributed by atoms with Crippen LogP contribution in [0.3, 0.4) is 0 Å². The number of allylic oxidation sites excluding steroid dienone is 2. The maximum atomic E-state index is 5.35. The number of fused-ring (bicyclic) bond motifs is 1. The SMILES string of the molecule is C1=C2OCCOC2=CCC1.CC. The monoisotopic (exact) mass is 168 g/mol. The first-order chi connectivity index (χ1) is 5.97. The zero-order valence-electron chi connectivity index (χ0n) is 7.80. The van der Waals surface area contributed by atoms with Crippen molar-refractivity contribution in [3.05, 3.63) is 23.7 Å². The molecule has 1 heterocycles. The van der Waals surface area contributed by atoms with Gasteiger partial charge in [-0.2, -0.15) is 0 Å². The third-order valence-corrected chi connectivity index (χ3v) is 1.67. The fourth-order valence-electron chi connectivity index (χ4n) is 1.19. The molecule has 0 atom stereocenters. The van der Waals surface area contributed by atoms with Crippen molar-refractivity contribution in [1.82, 2.24) is 0 Å². The summed E-state index contributed by atoms with van der Waals surface area (Å²) in [7, 11) is 0. The van der Waals surface area contributed by atoms with Crippen LogP contribution in [0.1, 0.15) is 26.7 Å². The van der Waals surface area contributed by atoms with Crippen molar-refractivity contribution < 1.29 is 9.47 Å². The van der Waals surface area contributed by atoms with Crippen LogP contribution in [0.25, 0.3) is 0 Å². The van der Waals surface area contributed by atoms with Crippen LogP contribution in [-0.4, -0.2) is 13.2 Å². The molecule has 0 amide bonds. The Kier molecular flexibility index (Phi) is 3.71. The topological polar surface area (TPSA) is 18.5 Å². The van der Waals surface area contributed by atoms with Gasteiger partial charge in [0.2, 0.25) is 0 Å². The Bertz CT molecular complexity index is 170. The molecule has 2 aliphatic rings. The molecule has 0 spiro atoms. The first kappa shape index (κ1) is 9.17. The van der Waals surface area contributed by atoms with Crippen molar-refractivity contribution in [2.24, 2.45) is 0 Å². The van der Waals surface area contributed by atoms with Crippen LogP contribution in [-0.2, 0) is 9.47 Å². The largest absolute Gasteiger partial charge is 0.486 e. The average Bonchev–Trinajstić information content (AvgIpc) is 2.21. The molecule has 0 N–H and O–H groups in total. The van der Waals surface area contributed by atoms with E-state index in [-0.39, 0.29) is 0 Å². The molecule has 2 nitrogen and oxygen atoms in total. The second kappa shape index (κ2) is 4.86. The van der Waals surface area contributed by atoms with Crippen molar-refractivity contribution in [2.75, 3.05) is 13.2 Å². The lowest BCUT2D eigenvalue weighted by atomic mass is 10.1. The summed E-state index contributed by atoms with van der Waals surface area (Å²) in [5, 5.41) is 0. The van der Waals surface area contributed by atoms with E-state index in [9.17, 15) is 0 Å². The number of ether oxygens (including phenoxy) is 2. The Balaban J connectivity index is 0.000000336. The van der Waals surface area contributed by atoms with E-state index in [1.165, 1.54) is 0 Å². The molecule has 1 saturated heterocycles. The highest BCUT2D eigenvalue weighted by atomic mass is 16.6. The van der Waals surface area contributed by atoms with Crippen LogP contribution < -0.4 is 0 Å². The normalized spacial score (nSPS) is 19.8. The molecule has 12 heavy (non-hydrogen) atoms. The van der Waals surface area contributed by atoms with Crippen LogP contribution in [0.4, 0.5) is 0 Å². The van der Waals surface area contributed by atoms with Crippen molar-refractivity contribution in [2.45, 2.75) is 26.7 Å². The molecule has 68 valence electrons. The van der Waals surface area contributed by atoms with Gasteiger partial charge in [-0.15, -0.1) is 0 Å².